The van der Waals surface area contributed by atoms with Gasteiger partial charge in [-0.2, -0.15) is 0 Å². The molecule has 0 saturated heterocycles. The molecule has 0 bridgehead atoms. The highest BCUT2D eigenvalue weighted by molar-refractivity contribution is 7.91. The second kappa shape index (κ2) is 7.21. The molecule has 2 aromatic rings. The number of amides is 2. The highest BCUT2D eigenvalue weighted by Gasteiger charge is 2.16. The largest absolute Gasteiger partial charge is 0.350 e. The topological polar surface area (TPSA) is 157 Å². The number of carbonyl (C=O) groups excluding carboxylic acids is 2. The van der Waals surface area contributed by atoms with Crippen molar-refractivity contribution in [3.8, 4) is 0 Å². The maximum Gasteiger partial charge on any atom is 0.269 e. The summed E-state index contributed by atoms with van der Waals surface area (Å²) in [4.78, 5) is 27.2. The number of sulfonamides is 1. The van der Waals surface area contributed by atoms with Gasteiger partial charge in [0.2, 0.25) is 15.4 Å². The van der Waals surface area contributed by atoms with Crippen LogP contribution in [0.4, 0.5) is 5.13 Å². The van der Waals surface area contributed by atoms with Crippen LogP contribution in [0, 0.1) is 0 Å². The van der Waals surface area contributed by atoms with Crippen LogP contribution in [0.15, 0.2) is 28.7 Å². The van der Waals surface area contributed by atoms with Gasteiger partial charge in [0.25, 0.3) is 15.9 Å². The first-order chi connectivity index (χ1) is 10.9. The maximum absolute atomic E-state index is 11.7. The average molecular weight is 356 g/mol. The first-order valence-corrected chi connectivity index (χ1v) is 8.58. The number of aromatic nitrogens is 3. The normalized spacial score (nSPS) is 11.0. The van der Waals surface area contributed by atoms with Gasteiger partial charge >= 0.3 is 0 Å². The average Bonchev–Trinajstić information content (AvgIpc) is 2.96. The lowest BCUT2D eigenvalue weighted by molar-refractivity contribution is -0.116. The molecule has 2 heterocycles. The summed E-state index contributed by atoms with van der Waals surface area (Å²) in [5.41, 5.74) is 0.245. The summed E-state index contributed by atoms with van der Waals surface area (Å²) < 4.78 is 21.7. The maximum atomic E-state index is 11.7. The third kappa shape index (κ3) is 5.05. The molecule has 0 unspecified atom stereocenters. The van der Waals surface area contributed by atoms with Gasteiger partial charge in [-0.1, -0.05) is 17.4 Å². The molecule has 0 aromatic carbocycles. The van der Waals surface area contributed by atoms with Gasteiger partial charge in [0.05, 0.1) is 0 Å². The quantitative estimate of drug-likeness (QED) is 0.580. The number of nitrogens with zero attached hydrogens (tertiary/aromatic N) is 3. The van der Waals surface area contributed by atoms with E-state index in [4.69, 9.17) is 5.14 Å². The summed E-state index contributed by atoms with van der Waals surface area (Å²) in [7, 11) is -3.95. The molecule has 23 heavy (non-hydrogen) atoms. The molecule has 2 aromatic heterocycles. The Labute approximate surface area is 135 Å². The van der Waals surface area contributed by atoms with E-state index in [0.29, 0.717) is 11.3 Å². The molecule has 0 fully saturated rings. The van der Waals surface area contributed by atoms with Crippen LogP contribution >= 0.6 is 11.3 Å². The summed E-state index contributed by atoms with van der Waals surface area (Å²) in [6.45, 7) is 0.0854. The molecule has 0 spiro atoms. The summed E-state index contributed by atoms with van der Waals surface area (Å²) in [5, 5.41) is 16.6. The molecule has 0 radical (unpaired) electrons. The molecule has 0 aliphatic carbocycles. The van der Waals surface area contributed by atoms with Crippen LogP contribution < -0.4 is 15.8 Å². The van der Waals surface area contributed by atoms with Gasteiger partial charge in [-0.3, -0.25) is 14.6 Å². The molecule has 2 amide bonds. The number of anilines is 1. The number of pyridine rings is 1. The third-order valence-electron chi connectivity index (χ3n) is 2.43. The lowest BCUT2D eigenvalue weighted by Gasteiger charge is -2.04. The Morgan fingerprint density at radius 1 is 1.26 bits per heavy atom. The Kier molecular flexibility index (Phi) is 5.31. The smallest absolute Gasteiger partial charge is 0.269 e. The minimum atomic E-state index is -3.95. The van der Waals surface area contributed by atoms with E-state index in [-0.39, 0.29) is 23.8 Å². The SMILES string of the molecule is NS(=O)(=O)c1nnc(NC(=O)CCNC(=O)c2ccccn2)s1. The number of carbonyl (C=O) groups is 2. The number of nitrogens with one attached hydrogen (secondary N) is 2. The van der Waals surface area contributed by atoms with E-state index in [2.05, 4.69) is 25.8 Å². The number of rotatable bonds is 6. The Bertz CT molecular complexity index is 805. The van der Waals surface area contributed by atoms with Gasteiger partial charge in [-0.05, 0) is 12.1 Å². The van der Waals surface area contributed by atoms with Crippen molar-refractivity contribution >= 4 is 38.3 Å². The van der Waals surface area contributed by atoms with Crippen LogP contribution in [0.2, 0.25) is 0 Å². The molecule has 12 heteroatoms. The first kappa shape index (κ1) is 16.9. The number of hydrogen-bond acceptors (Lipinski definition) is 8. The van der Waals surface area contributed by atoms with E-state index in [1.54, 1.807) is 18.2 Å². The van der Waals surface area contributed by atoms with Gasteiger partial charge in [0.1, 0.15) is 5.69 Å². The summed E-state index contributed by atoms with van der Waals surface area (Å²) in [6, 6.07) is 4.90. The molecular formula is C11H12N6O4S2. The second-order valence-corrected chi connectivity index (χ2v) is 6.90. The highest BCUT2D eigenvalue weighted by atomic mass is 32.2. The monoisotopic (exact) mass is 356 g/mol. The van der Waals surface area contributed by atoms with Crippen LogP contribution in [0.25, 0.3) is 0 Å². The van der Waals surface area contributed by atoms with Crippen molar-refractivity contribution in [3.05, 3.63) is 30.1 Å². The fraction of sp³-hybridized carbons (Fsp3) is 0.182. The van der Waals surface area contributed by atoms with Crippen molar-refractivity contribution < 1.29 is 18.0 Å². The minimum absolute atomic E-state index is 0.00933. The Morgan fingerprint density at radius 2 is 2.04 bits per heavy atom. The lowest BCUT2D eigenvalue weighted by Crippen LogP contribution is -2.28. The van der Waals surface area contributed by atoms with Crippen LogP contribution in [0.1, 0.15) is 16.9 Å². The van der Waals surface area contributed by atoms with Crippen molar-refractivity contribution in [2.24, 2.45) is 5.14 Å². The highest BCUT2D eigenvalue weighted by Crippen LogP contribution is 2.18. The Balaban J connectivity index is 1.79. The van der Waals surface area contributed by atoms with Crippen molar-refractivity contribution in [1.82, 2.24) is 20.5 Å². The molecule has 10 nitrogen and oxygen atoms in total. The Morgan fingerprint density at radius 3 is 2.65 bits per heavy atom. The van der Waals surface area contributed by atoms with Crippen LogP contribution in [-0.4, -0.2) is 42.0 Å². The van der Waals surface area contributed by atoms with Crippen LogP contribution in [-0.2, 0) is 14.8 Å². The fourth-order valence-corrected chi connectivity index (χ4v) is 2.78. The number of hydrogen-bond donors (Lipinski definition) is 3. The van der Waals surface area contributed by atoms with E-state index in [1.165, 1.54) is 6.20 Å². The molecule has 2 rings (SSSR count). The molecule has 0 saturated carbocycles. The van der Waals surface area contributed by atoms with Gasteiger partial charge in [-0.25, -0.2) is 13.6 Å². The molecule has 4 N–H and O–H groups in total. The van der Waals surface area contributed by atoms with Gasteiger partial charge < -0.3 is 10.6 Å². The third-order valence-corrected chi connectivity index (χ3v) is 4.58. The van der Waals surface area contributed by atoms with Gasteiger partial charge in [0.15, 0.2) is 0 Å². The molecule has 0 aliphatic rings. The van der Waals surface area contributed by atoms with Gasteiger partial charge in [0, 0.05) is 19.2 Å². The molecular weight excluding hydrogens is 344 g/mol. The second-order valence-electron chi connectivity index (χ2n) is 4.19. The zero-order chi connectivity index (χ0) is 16.9. The molecule has 122 valence electrons. The summed E-state index contributed by atoms with van der Waals surface area (Å²) in [5.74, 6) is -0.853. The summed E-state index contributed by atoms with van der Waals surface area (Å²) in [6.07, 6.45) is 1.46. The first-order valence-electron chi connectivity index (χ1n) is 6.21. The predicted molar refractivity (Wildman–Crippen MR) is 81.1 cm³/mol. The number of primary sulfonamides is 1. The van der Waals surface area contributed by atoms with Crippen molar-refractivity contribution in [1.29, 1.82) is 0 Å². The summed E-state index contributed by atoms with van der Waals surface area (Å²) >= 11 is 0.640. The van der Waals surface area contributed by atoms with Crippen LogP contribution in [0.3, 0.4) is 0 Å². The van der Waals surface area contributed by atoms with Crippen molar-refractivity contribution in [2.45, 2.75) is 10.8 Å². The minimum Gasteiger partial charge on any atom is -0.350 e. The lowest BCUT2D eigenvalue weighted by atomic mass is 10.3. The van der Waals surface area contributed by atoms with Crippen molar-refractivity contribution in [3.63, 3.8) is 0 Å². The predicted octanol–water partition coefficient (Wildman–Crippen LogP) is -0.661. The van der Waals surface area contributed by atoms with E-state index < -0.39 is 26.2 Å². The zero-order valence-corrected chi connectivity index (χ0v) is 13.2. The van der Waals surface area contributed by atoms with Crippen molar-refractivity contribution in [2.75, 3.05) is 11.9 Å². The van der Waals surface area contributed by atoms with E-state index >= 15 is 0 Å². The zero-order valence-electron chi connectivity index (χ0n) is 11.6. The molecule has 0 aliphatic heterocycles. The fourth-order valence-electron chi connectivity index (χ4n) is 1.43. The van der Waals surface area contributed by atoms with E-state index in [1.807, 2.05) is 0 Å². The number of nitrogens with two attached hydrogens (primary N) is 1. The standard InChI is InChI=1S/C11H12N6O4S2/c12-23(20,21)11-17-16-10(22-11)15-8(18)4-6-14-9(19)7-3-1-2-5-13-7/h1-3,5H,4,6H2,(H,14,19)(H2,12,20,21)(H,15,16,18). The Hall–Kier alpha value is -2.44. The van der Waals surface area contributed by atoms with Crippen LogP contribution in [0.5, 0.6) is 0 Å². The van der Waals surface area contributed by atoms with E-state index in [9.17, 15) is 18.0 Å². The van der Waals surface area contributed by atoms with Gasteiger partial charge in [-0.15, -0.1) is 10.2 Å². The van der Waals surface area contributed by atoms with E-state index in [0.717, 1.165) is 0 Å². The molecule has 0 atom stereocenters.